The second-order valence-electron chi connectivity index (χ2n) is 6.44. The summed E-state index contributed by atoms with van der Waals surface area (Å²) in [4.78, 5) is 35.7. The molecule has 0 saturated carbocycles. The van der Waals surface area contributed by atoms with Crippen molar-refractivity contribution >= 4 is 28.7 Å². The first-order valence-corrected chi connectivity index (χ1v) is 8.45. The zero-order valence-electron chi connectivity index (χ0n) is 15.2. The summed E-state index contributed by atoms with van der Waals surface area (Å²) < 4.78 is 6.22. The number of aromatic nitrogens is 2. The van der Waals surface area contributed by atoms with Gasteiger partial charge in [0.25, 0.3) is 0 Å². The van der Waals surface area contributed by atoms with Gasteiger partial charge in [-0.15, -0.1) is 0 Å². The lowest BCUT2D eigenvalue weighted by Crippen LogP contribution is -2.46. The van der Waals surface area contributed by atoms with Crippen LogP contribution in [0.25, 0.3) is 10.9 Å². The molecule has 0 spiro atoms. The molecule has 0 saturated heterocycles. The molecule has 0 aliphatic rings. The Morgan fingerprint density at radius 1 is 1.19 bits per heavy atom. The summed E-state index contributed by atoms with van der Waals surface area (Å²) in [6.07, 6.45) is 2.23. The maximum Gasteiger partial charge on any atom is 0.328 e. The van der Waals surface area contributed by atoms with Crippen molar-refractivity contribution in [2.75, 3.05) is 13.7 Å². The molecule has 26 heavy (non-hydrogen) atoms. The number of hydrogen-bond donors (Lipinski definition) is 2. The zero-order chi connectivity index (χ0) is 19.1. The fourth-order valence-electron chi connectivity index (χ4n) is 2.55. The average Bonchev–Trinajstić information content (AvgIpc) is 3.00. The average molecular weight is 360 g/mol. The lowest BCUT2D eigenvalue weighted by molar-refractivity contribution is -0.145. The van der Waals surface area contributed by atoms with Crippen molar-refractivity contribution in [1.29, 1.82) is 0 Å². The number of methoxy groups -OCH3 is 1. The fraction of sp³-hybridized carbons (Fsp3) is 0.444. The highest BCUT2D eigenvalue weighted by Gasteiger charge is 2.22. The Hall–Kier alpha value is -2.90. The number of rotatable bonds is 8. The van der Waals surface area contributed by atoms with Crippen LogP contribution < -0.4 is 10.6 Å². The smallest absolute Gasteiger partial charge is 0.328 e. The van der Waals surface area contributed by atoms with Gasteiger partial charge in [0.05, 0.1) is 19.2 Å². The molecular formula is C18H24N4O4. The molecule has 0 radical (unpaired) electrons. The second-order valence-corrected chi connectivity index (χ2v) is 6.44. The van der Waals surface area contributed by atoms with E-state index in [1.54, 1.807) is 6.20 Å². The number of benzene rings is 1. The number of carbonyl (C=O) groups excluding carboxylic acids is 3. The summed E-state index contributed by atoms with van der Waals surface area (Å²) in [6.45, 7) is 3.68. The number of carbonyl (C=O) groups is 3. The van der Waals surface area contributed by atoms with Crippen molar-refractivity contribution < 1.29 is 19.1 Å². The highest BCUT2D eigenvalue weighted by atomic mass is 16.5. The Labute approximate surface area is 151 Å². The van der Waals surface area contributed by atoms with Gasteiger partial charge in [-0.3, -0.25) is 14.3 Å². The van der Waals surface area contributed by atoms with Crippen LogP contribution in [0.1, 0.15) is 20.3 Å². The molecular weight excluding hydrogens is 336 g/mol. The predicted molar refractivity (Wildman–Crippen MR) is 96.1 cm³/mol. The molecule has 8 heteroatoms. The van der Waals surface area contributed by atoms with Gasteiger partial charge in [-0.2, -0.15) is 5.10 Å². The van der Waals surface area contributed by atoms with E-state index in [2.05, 4.69) is 15.7 Å². The van der Waals surface area contributed by atoms with E-state index in [4.69, 9.17) is 4.74 Å². The first-order chi connectivity index (χ1) is 12.4. The number of esters is 1. The van der Waals surface area contributed by atoms with Gasteiger partial charge in [-0.25, -0.2) is 4.79 Å². The Morgan fingerprint density at radius 3 is 2.58 bits per heavy atom. The normalized spacial score (nSPS) is 12.0. The van der Waals surface area contributed by atoms with Crippen LogP contribution in [0, 0.1) is 5.92 Å². The number of amides is 2. The van der Waals surface area contributed by atoms with E-state index >= 15 is 0 Å². The minimum absolute atomic E-state index is 0.00832. The van der Waals surface area contributed by atoms with Gasteiger partial charge in [-0.05, 0) is 18.4 Å². The van der Waals surface area contributed by atoms with Crippen LogP contribution in [0.3, 0.4) is 0 Å². The first-order valence-electron chi connectivity index (χ1n) is 8.45. The molecule has 0 bridgehead atoms. The van der Waals surface area contributed by atoms with E-state index in [0.717, 1.165) is 10.9 Å². The van der Waals surface area contributed by atoms with Crippen LogP contribution in [-0.4, -0.2) is 47.3 Å². The fourth-order valence-corrected chi connectivity index (χ4v) is 2.55. The summed E-state index contributed by atoms with van der Waals surface area (Å²) in [6, 6.07) is 6.82. The van der Waals surface area contributed by atoms with Gasteiger partial charge in [0.2, 0.25) is 11.8 Å². The molecule has 140 valence electrons. The summed E-state index contributed by atoms with van der Waals surface area (Å²) in [5.41, 5.74) is 0.799. The molecule has 2 rings (SSSR count). The van der Waals surface area contributed by atoms with Crippen LogP contribution in [0.4, 0.5) is 0 Å². The third-order valence-electron chi connectivity index (χ3n) is 3.74. The van der Waals surface area contributed by atoms with Crippen LogP contribution in [-0.2, 0) is 25.7 Å². The highest BCUT2D eigenvalue weighted by Crippen LogP contribution is 2.10. The quantitative estimate of drug-likeness (QED) is 0.680. The number of nitrogens with zero attached hydrogens (tertiary/aromatic N) is 2. The van der Waals surface area contributed by atoms with Crippen LogP contribution in [0.5, 0.6) is 0 Å². The monoisotopic (exact) mass is 360 g/mol. The number of fused-ring (bicyclic) bond motifs is 1. The summed E-state index contributed by atoms with van der Waals surface area (Å²) in [7, 11) is 1.28. The lowest BCUT2D eigenvalue weighted by Gasteiger charge is -2.18. The van der Waals surface area contributed by atoms with Crippen molar-refractivity contribution in [1.82, 2.24) is 20.4 Å². The van der Waals surface area contributed by atoms with E-state index in [1.165, 1.54) is 11.8 Å². The molecule has 0 aliphatic heterocycles. The highest BCUT2D eigenvalue weighted by molar-refractivity contribution is 5.88. The van der Waals surface area contributed by atoms with Crippen LogP contribution in [0.2, 0.25) is 0 Å². The summed E-state index contributed by atoms with van der Waals surface area (Å²) >= 11 is 0. The van der Waals surface area contributed by atoms with Crippen molar-refractivity contribution in [2.24, 2.45) is 5.92 Å². The molecule has 0 fully saturated rings. The minimum Gasteiger partial charge on any atom is -0.467 e. The first kappa shape index (κ1) is 19.4. The van der Waals surface area contributed by atoms with Crippen LogP contribution in [0.15, 0.2) is 30.5 Å². The van der Waals surface area contributed by atoms with E-state index in [0.29, 0.717) is 6.42 Å². The van der Waals surface area contributed by atoms with Crippen molar-refractivity contribution in [3.63, 3.8) is 0 Å². The Balaban J connectivity index is 1.83. The third-order valence-corrected chi connectivity index (χ3v) is 3.74. The lowest BCUT2D eigenvalue weighted by atomic mass is 10.0. The van der Waals surface area contributed by atoms with Gasteiger partial charge >= 0.3 is 5.97 Å². The predicted octanol–water partition coefficient (Wildman–Crippen LogP) is 0.856. The molecule has 2 N–H and O–H groups in total. The Morgan fingerprint density at radius 2 is 1.92 bits per heavy atom. The van der Waals surface area contributed by atoms with E-state index in [9.17, 15) is 14.4 Å². The van der Waals surface area contributed by atoms with E-state index in [-0.39, 0.29) is 24.9 Å². The molecule has 8 nitrogen and oxygen atoms in total. The number of hydrogen-bond acceptors (Lipinski definition) is 5. The SMILES string of the molecule is COC(=O)[C@H](CC(C)C)NC(=O)CNC(=O)Cn1cc2ccccc2n1. The largest absolute Gasteiger partial charge is 0.467 e. The second kappa shape index (κ2) is 8.98. The summed E-state index contributed by atoms with van der Waals surface area (Å²) in [5.74, 6) is -1.07. The van der Waals surface area contributed by atoms with Gasteiger partial charge in [-0.1, -0.05) is 32.0 Å². The zero-order valence-corrected chi connectivity index (χ0v) is 15.2. The van der Waals surface area contributed by atoms with Gasteiger partial charge in [0, 0.05) is 11.6 Å². The molecule has 2 amide bonds. The molecule has 1 aromatic heterocycles. The molecule has 0 unspecified atom stereocenters. The number of nitrogens with one attached hydrogen (secondary N) is 2. The third kappa shape index (κ3) is 5.58. The van der Waals surface area contributed by atoms with E-state index in [1.807, 2.05) is 38.1 Å². The van der Waals surface area contributed by atoms with Crippen LogP contribution >= 0.6 is 0 Å². The Bertz CT molecular complexity index is 751. The molecule has 0 aliphatic carbocycles. The molecule has 2 aromatic rings. The van der Waals surface area contributed by atoms with E-state index < -0.39 is 17.9 Å². The number of ether oxygens (including phenoxy) is 1. The van der Waals surface area contributed by atoms with Crippen molar-refractivity contribution in [3.8, 4) is 0 Å². The molecule has 1 heterocycles. The van der Waals surface area contributed by atoms with Crippen molar-refractivity contribution in [2.45, 2.75) is 32.9 Å². The van der Waals surface area contributed by atoms with Gasteiger partial charge < -0.3 is 15.4 Å². The van der Waals surface area contributed by atoms with Gasteiger partial charge in [0.15, 0.2) is 0 Å². The molecule has 1 aromatic carbocycles. The minimum atomic E-state index is -0.721. The summed E-state index contributed by atoms with van der Waals surface area (Å²) in [5, 5.41) is 10.3. The Kier molecular flexibility index (Phi) is 6.71. The topological polar surface area (TPSA) is 102 Å². The van der Waals surface area contributed by atoms with Gasteiger partial charge in [0.1, 0.15) is 12.6 Å². The molecule has 1 atom stereocenters. The maximum absolute atomic E-state index is 12.0. The van der Waals surface area contributed by atoms with Crippen molar-refractivity contribution in [3.05, 3.63) is 30.5 Å². The maximum atomic E-state index is 12.0. The standard InChI is InChI=1S/C18H24N4O4/c1-12(2)8-15(18(25)26-3)20-16(23)9-19-17(24)11-22-10-13-6-4-5-7-14(13)21-22/h4-7,10,12,15H,8-9,11H2,1-3H3,(H,19,24)(H,20,23)/t15-/m0/s1.